The number of allylic oxidation sites excluding steroid dienone is 3. The molecule has 0 aliphatic carbocycles. The molecule has 118 valence electrons. The first-order valence-electron chi connectivity index (χ1n) is 6.82. The molecule has 0 amide bonds. The van der Waals surface area contributed by atoms with E-state index in [0.29, 0.717) is 27.4 Å². The molecular weight excluding hydrogens is 314 g/mol. The van der Waals surface area contributed by atoms with Gasteiger partial charge in [0.1, 0.15) is 0 Å². The third-order valence-electron chi connectivity index (χ3n) is 3.67. The number of hydrogen-bond acceptors (Lipinski definition) is 6. The molecule has 0 fully saturated rings. The maximum Gasteiger partial charge on any atom is 0.269 e. The Morgan fingerprint density at radius 1 is 1.39 bits per heavy atom. The van der Waals surface area contributed by atoms with Crippen molar-refractivity contribution in [3.05, 3.63) is 61.8 Å². The van der Waals surface area contributed by atoms with Crippen LogP contribution in [-0.2, 0) is 4.79 Å². The van der Waals surface area contributed by atoms with Gasteiger partial charge in [-0.15, -0.1) is 11.8 Å². The molecule has 6 nitrogen and oxygen atoms in total. The Kier molecular flexibility index (Phi) is 4.86. The summed E-state index contributed by atoms with van der Waals surface area (Å²) in [5, 5.41) is 24.1. The smallest absolute Gasteiger partial charge is 0.269 e. The molecule has 1 aromatic carbocycles. The van der Waals surface area contributed by atoms with Crippen molar-refractivity contribution in [3.63, 3.8) is 0 Å². The Morgan fingerprint density at radius 3 is 2.43 bits per heavy atom. The predicted octanol–water partition coefficient (Wildman–Crippen LogP) is 3.24. The molecule has 0 radical (unpaired) electrons. The molecule has 1 aromatic rings. The first-order valence-corrected chi connectivity index (χ1v) is 8.04. The summed E-state index contributed by atoms with van der Waals surface area (Å²) in [7, 11) is 0. The van der Waals surface area contributed by atoms with Gasteiger partial charge in [0.15, 0.2) is 5.78 Å². The minimum Gasteiger partial charge on any atom is -0.353 e. The van der Waals surface area contributed by atoms with Crippen LogP contribution in [0.1, 0.15) is 25.3 Å². The molecule has 0 unspecified atom stereocenters. The second-order valence-corrected chi connectivity index (χ2v) is 5.88. The highest BCUT2D eigenvalue weighted by atomic mass is 32.2. The van der Waals surface area contributed by atoms with Gasteiger partial charge in [0.25, 0.3) is 5.69 Å². The largest absolute Gasteiger partial charge is 0.353 e. The van der Waals surface area contributed by atoms with E-state index in [2.05, 4.69) is 11.4 Å². The summed E-state index contributed by atoms with van der Waals surface area (Å²) >= 11 is 1.39. The third kappa shape index (κ3) is 3.12. The number of ketones is 1. The fourth-order valence-corrected chi connectivity index (χ4v) is 3.30. The van der Waals surface area contributed by atoms with E-state index in [1.165, 1.54) is 30.8 Å². The van der Waals surface area contributed by atoms with Crippen LogP contribution in [0.15, 0.2) is 46.1 Å². The van der Waals surface area contributed by atoms with Gasteiger partial charge in [-0.05, 0) is 25.7 Å². The van der Waals surface area contributed by atoms with Crippen molar-refractivity contribution < 1.29 is 9.72 Å². The van der Waals surface area contributed by atoms with Gasteiger partial charge in [-0.2, -0.15) is 5.26 Å². The number of Topliss-reactive ketones (excluding diaryl/α,β-unsaturated/α-hetero) is 1. The number of carbonyl (C=O) groups is 1. The van der Waals surface area contributed by atoms with Crippen LogP contribution in [0.4, 0.5) is 5.69 Å². The van der Waals surface area contributed by atoms with Crippen LogP contribution in [0.3, 0.4) is 0 Å². The van der Waals surface area contributed by atoms with Crippen LogP contribution in [0.5, 0.6) is 0 Å². The second kappa shape index (κ2) is 6.67. The number of non-ortho nitro benzene ring substituents is 1. The highest BCUT2D eigenvalue weighted by molar-refractivity contribution is 8.02. The number of nitrogens with zero attached hydrogens (tertiary/aromatic N) is 2. The average molecular weight is 329 g/mol. The summed E-state index contributed by atoms with van der Waals surface area (Å²) in [4.78, 5) is 22.4. The number of nitrogens with one attached hydrogen (secondary N) is 1. The lowest BCUT2D eigenvalue weighted by Crippen LogP contribution is -2.26. The average Bonchev–Trinajstić information content (AvgIpc) is 2.53. The van der Waals surface area contributed by atoms with E-state index in [1.54, 1.807) is 19.1 Å². The molecule has 1 heterocycles. The van der Waals surface area contributed by atoms with E-state index in [4.69, 9.17) is 0 Å². The van der Waals surface area contributed by atoms with Crippen molar-refractivity contribution >= 4 is 23.2 Å². The zero-order valence-electron chi connectivity index (χ0n) is 12.9. The number of benzene rings is 1. The van der Waals surface area contributed by atoms with E-state index in [0.717, 1.165) is 0 Å². The fraction of sp³-hybridized carbons (Fsp3) is 0.250. The number of thioether (sulfide) groups is 1. The zero-order valence-corrected chi connectivity index (χ0v) is 13.7. The normalized spacial score (nSPS) is 17.6. The molecule has 1 N–H and O–H groups in total. The zero-order chi connectivity index (χ0) is 17.1. The number of nitro benzene ring substituents is 1. The second-order valence-electron chi connectivity index (χ2n) is 5.06. The predicted molar refractivity (Wildman–Crippen MR) is 88.5 cm³/mol. The van der Waals surface area contributed by atoms with Crippen LogP contribution in [0.25, 0.3) is 0 Å². The number of rotatable bonds is 4. The van der Waals surface area contributed by atoms with Crippen molar-refractivity contribution in [2.45, 2.75) is 19.8 Å². The van der Waals surface area contributed by atoms with Crippen molar-refractivity contribution in [2.24, 2.45) is 0 Å². The topological polar surface area (TPSA) is 96.0 Å². The van der Waals surface area contributed by atoms with Gasteiger partial charge in [-0.3, -0.25) is 14.9 Å². The molecule has 1 aliphatic rings. The minimum absolute atomic E-state index is 0.0275. The maximum absolute atomic E-state index is 12.1. The Bertz CT molecular complexity index is 773. The van der Waals surface area contributed by atoms with Crippen molar-refractivity contribution in [2.75, 3.05) is 6.26 Å². The van der Waals surface area contributed by atoms with E-state index >= 15 is 0 Å². The molecule has 0 aromatic heterocycles. The van der Waals surface area contributed by atoms with Crippen molar-refractivity contribution in [1.82, 2.24) is 5.32 Å². The highest BCUT2D eigenvalue weighted by Crippen LogP contribution is 2.40. The van der Waals surface area contributed by atoms with E-state index in [9.17, 15) is 20.2 Å². The van der Waals surface area contributed by atoms with Gasteiger partial charge in [-0.25, -0.2) is 0 Å². The summed E-state index contributed by atoms with van der Waals surface area (Å²) in [6.45, 7) is 3.25. The molecule has 1 atom stereocenters. The van der Waals surface area contributed by atoms with Crippen LogP contribution in [-0.4, -0.2) is 17.0 Å². The molecule has 23 heavy (non-hydrogen) atoms. The van der Waals surface area contributed by atoms with Gasteiger partial charge in [0.05, 0.1) is 27.5 Å². The minimum atomic E-state index is -0.512. The lowest BCUT2D eigenvalue weighted by molar-refractivity contribution is -0.384. The summed E-state index contributed by atoms with van der Waals surface area (Å²) in [6, 6.07) is 8.14. The summed E-state index contributed by atoms with van der Waals surface area (Å²) in [5.74, 6) is -0.645. The number of nitro groups is 1. The van der Waals surface area contributed by atoms with Gasteiger partial charge in [0, 0.05) is 23.4 Å². The monoisotopic (exact) mass is 329 g/mol. The molecule has 2 rings (SSSR count). The molecule has 1 aliphatic heterocycles. The summed E-state index contributed by atoms with van der Waals surface area (Å²) in [6.07, 6.45) is 1.85. The van der Waals surface area contributed by atoms with Crippen molar-refractivity contribution in [1.29, 1.82) is 5.26 Å². The Morgan fingerprint density at radius 2 is 2.00 bits per heavy atom. The van der Waals surface area contributed by atoms with Crippen LogP contribution >= 0.6 is 11.8 Å². The SMILES string of the molecule is CSC1=C(C#N)[C@H](c2ccc([N+](=O)[O-])cc2)C(C(C)=O)=C(C)N1. The summed E-state index contributed by atoms with van der Waals surface area (Å²) in [5.41, 5.74) is 2.31. The maximum atomic E-state index is 12.1. The highest BCUT2D eigenvalue weighted by Gasteiger charge is 2.32. The molecule has 0 spiro atoms. The van der Waals surface area contributed by atoms with Crippen LogP contribution in [0, 0.1) is 21.4 Å². The Balaban J connectivity index is 2.63. The van der Waals surface area contributed by atoms with Crippen molar-refractivity contribution in [3.8, 4) is 6.07 Å². The first-order chi connectivity index (χ1) is 10.9. The van der Waals surface area contributed by atoms with Gasteiger partial charge in [0.2, 0.25) is 0 Å². The quantitative estimate of drug-likeness (QED) is 0.673. The molecule has 0 bridgehead atoms. The summed E-state index contributed by atoms with van der Waals surface area (Å²) < 4.78 is 0. The first kappa shape index (κ1) is 16.8. The van der Waals surface area contributed by atoms with E-state index in [1.807, 2.05) is 6.26 Å². The van der Waals surface area contributed by atoms with Crippen LogP contribution < -0.4 is 5.32 Å². The van der Waals surface area contributed by atoms with E-state index in [-0.39, 0.29) is 11.5 Å². The fourth-order valence-electron chi connectivity index (χ4n) is 2.66. The van der Waals surface area contributed by atoms with Gasteiger partial charge >= 0.3 is 0 Å². The number of carbonyl (C=O) groups excluding carboxylic acids is 1. The number of hydrogen-bond donors (Lipinski definition) is 1. The standard InChI is InChI=1S/C16H15N3O3S/c1-9-14(10(2)20)15(13(8-17)16(18-9)23-3)11-4-6-12(7-5-11)19(21)22/h4-7,15,18H,1-3H3/t15-/m0/s1. The molecule has 0 saturated heterocycles. The molecule has 7 heteroatoms. The van der Waals surface area contributed by atoms with Gasteiger partial charge in [-0.1, -0.05) is 12.1 Å². The Labute approximate surface area is 138 Å². The number of nitriles is 1. The number of dihydropyridines is 1. The van der Waals surface area contributed by atoms with Gasteiger partial charge < -0.3 is 5.32 Å². The van der Waals surface area contributed by atoms with Crippen LogP contribution in [0.2, 0.25) is 0 Å². The van der Waals surface area contributed by atoms with E-state index < -0.39 is 10.8 Å². The Hall–Kier alpha value is -2.59. The third-order valence-corrected chi connectivity index (χ3v) is 4.40. The lowest BCUT2D eigenvalue weighted by Gasteiger charge is -2.28. The molecular formula is C16H15N3O3S. The molecule has 0 saturated carbocycles. The lowest BCUT2D eigenvalue weighted by atomic mass is 9.81.